The van der Waals surface area contributed by atoms with Gasteiger partial charge in [-0.05, 0) is 61.3 Å². The van der Waals surface area contributed by atoms with Crippen LogP contribution in [0.2, 0.25) is 0 Å². The van der Waals surface area contributed by atoms with Gasteiger partial charge < -0.3 is 10.4 Å². The number of hydrogen-bond donors (Lipinski definition) is 2. The van der Waals surface area contributed by atoms with Crippen molar-refractivity contribution >= 4 is 5.91 Å². The Labute approximate surface area is 143 Å². The molecule has 0 aliphatic heterocycles. The first kappa shape index (κ1) is 16.6. The quantitative estimate of drug-likeness (QED) is 0.867. The Morgan fingerprint density at radius 1 is 0.958 bits per heavy atom. The Kier molecular flexibility index (Phi) is 5.52. The summed E-state index contributed by atoms with van der Waals surface area (Å²) in [7, 11) is 0. The number of carbonyl (C=O) groups is 1. The first-order chi connectivity index (χ1) is 11.7. The minimum Gasteiger partial charge on any atom is -0.508 e. The SMILES string of the molecule is O=C(CCc1ccc(O)cc1)N[C@H]1CC[C@H](c2ccccc2)CC1. The molecule has 1 saturated carbocycles. The number of rotatable bonds is 5. The molecule has 3 rings (SSSR count). The molecular formula is C21H25NO2. The topological polar surface area (TPSA) is 49.3 Å². The zero-order valence-corrected chi connectivity index (χ0v) is 13.9. The van der Waals surface area contributed by atoms with Gasteiger partial charge in [-0.2, -0.15) is 0 Å². The van der Waals surface area contributed by atoms with Crippen molar-refractivity contribution in [2.75, 3.05) is 0 Å². The molecule has 1 aliphatic carbocycles. The second-order valence-electron chi connectivity index (χ2n) is 6.69. The van der Waals surface area contributed by atoms with Crippen LogP contribution < -0.4 is 5.32 Å². The van der Waals surface area contributed by atoms with Crippen molar-refractivity contribution in [2.45, 2.75) is 50.5 Å². The lowest BCUT2D eigenvalue weighted by Crippen LogP contribution is -2.37. The average molecular weight is 323 g/mol. The van der Waals surface area contributed by atoms with E-state index in [4.69, 9.17) is 0 Å². The lowest BCUT2D eigenvalue weighted by molar-refractivity contribution is -0.122. The molecular weight excluding hydrogens is 298 g/mol. The molecule has 1 fully saturated rings. The lowest BCUT2D eigenvalue weighted by atomic mass is 9.82. The van der Waals surface area contributed by atoms with E-state index in [0.717, 1.165) is 31.2 Å². The van der Waals surface area contributed by atoms with Crippen molar-refractivity contribution in [1.82, 2.24) is 5.32 Å². The molecule has 0 bridgehead atoms. The number of amides is 1. The van der Waals surface area contributed by atoms with Gasteiger partial charge in [0.25, 0.3) is 0 Å². The monoisotopic (exact) mass is 323 g/mol. The number of aromatic hydroxyl groups is 1. The highest BCUT2D eigenvalue weighted by Gasteiger charge is 2.23. The Hall–Kier alpha value is -2.29. The van der Waals surface area contributed by atoms with Gasteiger partial charge >= 0.3 is 0 Å². The molecule has 0 spiro atoms. The molecule has 0 atom stereocenters. The number of hydrogen-bond acceptors (Lipinski definition) is 2. The van der Waals surface area contributed by atoms with Crippen LogP contribution in [0, 0.1) is 0 Å². The molecule has 2 aromatic rings. The molecule has 0 radical (unpaired) electrons. The second kappa shape index (κ2) is 8.00. The van der Waals surface area contributed by atoms with Crippen LogP contribution in [0.1, 0.15) is 49.1 Å². The third kappa shape index (κ3) is 4.60. The maximum absolute atomic E-state index is 12.1. The molecule has 0 heterocycles. The first-order valence-corrected chi connectivity index (χ1v) is 8.83. The van der Waals surface area contributed by atoms with Crippen LogP contribution in [0.4, 0.5) is 0 Å². The fourth-order valence-corrected chi connectivity index (χ4v) is 3.52. The van der Waals surface area contributed by atoms with Gasteiger partial charge in [-0.3, -0.25) is 4.79 Å². The zero-order chi connectivity index (χ0) is 16.8. The summed E-state index contributed by atoms with van der Waals surface area (Å²) in [6.07, 6.45) is 5.63. The fourth-order valence-electron chi connectivity index (χ4n) is 3.52. The molecule has 2 N–H and O–H groups in total. The molecule has 0 saturated heterocycles. The zero-order valence-electron chi connectivity index (χ0n) is 13.9. The predicted molar refractivity (Wildman–Crippen MR) is 96.0 cm³/mol. The summed E-state index contributed by atoms with van der Waals surface area (Å²) in [5, 5.41) is 12.5. The van der Waals surface area contributed by atoms with Crippen LogP contribution >= 0.6 is 0 Å². The van der Waals surface area contributed by atoms with Gasteiger partial charge in [0.05, 0.1) is 0 Å². The Morgan fingerprint density at radius 2 is 1.62 bits per heavy atom. The summed E-state index contributed by atoms with van der Waals surface area (Å²) in [6, 6.07) is 18.1. The van der Waals surface area contributed by atoms with Crippen LogP contribution in [0.3, 0.4) is 0 Å². The standard InChI is InChI=1S/C21H25NO2/c23-20-13-6-16(7-14-20)8-15-21(24)22-19-11-9-18(10-12-19)17-4-2-1-3-5-17/h1-7,13-14,18-19,23H,8-12,15H2,(H,22,24)/t18-,19-. The van der Waals surface area contributed by atoms with E-state index in [-0.39, 0.29) is 11.7 Å². The van der Waals surface area contributed by atoms with Crippen LogP contribution in [-0.2, 0) is 11.2 Å². The molecule has 0 aromatic heterocycles. The third-order valence-corrected chi connectivity index (χ3v) is 4.94. The van der Waals surface area contributed by atoms with Gasteiger partial charge in [0.1, 0.15) is 5.75 Å². The molecule has 3 nitrogen and oxygen atoms in total. The number of phenols is 1. The number of nitrogens with one attached hydrogen (secondary N) is 1. The van der Waals surface area contributed by atoms with Crippen LogP contribution in [0.25, 0.3) is 0 Å². The van der Waals surface area contributed by atoms with Gasteiger partial charge in [0.2, 0.25) is 5.91 Å². The molecule has 2 aromatic carbocycles. The molecule has 24 heavy (non-hydrogen) atoms. The van der Waals surface area contributed by atoms with E-state index < -0.39 is 0 Å². The van der Waals surface area contributed by atoms with Gasteiger partial charge in [-0.15, -0.1) is 0 Å². The van der Waals surface area contributed by atoms with Crippen LogP contribution in [-0.4, -0.2) is 17.1 Å². The van der Waals surface area contributed by atoms with Crippen molar-refractivity contribution in [1.29, 1.82) is 0 Å². The highest BCUT2D eigenvalue weighted by atomic mass is 16.3. The maximum Gasteiger partial charge on any atom is 0.220 e. The largest absolute Gasteiger partial charge is 0.508 e. The van der Waals surface area contributed by atoms with Crippen molar-refractivity contribution in [3.63, 3.8) is 0 Å². The predicted octanol–water partition coefficient (Wildman–Crippen LogP) is 4.17. The van der Waals surface area contributed by atoms with E-state index in [9.17, 15) is 9.90 Å². The Morgan fingerprint density at radius 3 is 2.29 bits per heavy atom. The van der Waals surface area contributed by atoms with Crippen molar-refractivity contribution in [3.05, 3.63) is 65.7 Å². The summed E-state index contributed by atoms with van der Waals surface area (Å²) in [4.78, 5) is 12.1. The van der Waals surface area contributed by atoms with E-state index in [1.165, 1.54) is 5.56 Å². The highest BCUT2D eigenvalue weighted by molar-refractivity contribution is 5.76. The molecule has 0 unspecified atom stereocenters. The van der Waals surface area contributed by atoms with Gasteiger partial charge in [0, 0.05) is 12.5 Å². The second-order valence-corrected chi connectivity index (χ2v) is 6.69. The minimum absolute atomic E-state index is 0.131. The maximum atomic E-state index is 12.1. The van der Waals surface area contributed by atoms with E-state index in [1.807, 2.05) is 12.1 Å². The number of benzene rings is 2. The molecule has 3 heteroatoms. The number of phenolic OH excluding ortho intramolecular Hbond substituents is 1. The summed E-state index contributed by atoms with van der Waals surface area (Å²) < 4.78 is 0. The van der Waals surface area contributed by atoms with Crippen molar-refractivity contribution in [2.24, 2.45) is 0 Å². The summed E-state index contributed by atoms with van der Waals surface area (Å²) >= 11 is 0. The van der Waals surface area contributed by atoms with E-state index in [1.54, 1.807) is 12.1 Å². The van der Waals surface area contributed by atoms with Gasteiger partial charge in [-0.25, -0.2) is 0 Å². The Balaban J connectivity index is 1.41. The normalized spacial score (nSPS) is 20.5. The van der Waals surface area contributed by atoms with E-state index in [0.29, 0.717) is 24.8 Å². The fraction of sp³-hybridized carbons (Fsp3) is 0.381. The van der Waals surface area contributed by atoms with Crippen LogP contribution in [0.5, 0.6) is 5.75 Å². The van der Waals surface area contributed by atoms with Crippen molar-refractivity contribution < 1.29 is 9.90 Å². The highest BCUT2D eigenvalue weighted by Crippen LogP contribution is 2.32. The van der Waals surface area contributed by atoms with E-state index >= 15 is 0 Å². The van der Waals surface area contributed by atoms with Gasteiger partial charge in [0.15, 0.2) is 0 Å². The molecule has 1 amide bonds. The van der Waals surface area contributed by atoms with Crippen molar-refractivity contribution in [3.8, 4) is 5.75 Å². The average Bonchev–Trinajstić information content (AvgIpc) is 2.63. The lowest BCUT2D eigenvalue weighted by Gasteiger charge is -2.29. The molecule has 126 valence electrons. The minimum atomic E-state index is 0.131. The smallest absolute Gasteiger partial charge is 0.220 e. The van der Waals surface area contributed by atoms with E-state index in [2.05, 4.69) is 35.6 Å². The summed E-state index contributed by atoms with van der Waals surface area (Å²) in [6.45, 7) is 0. The summed E-state index contributed by atoms with van der Waals surface area (Å²) in [5.41, 5.74) is 2.50. The third-order valence-electron chi connectivity index (χ3n) is 4.94. The molecule has 1 aliphatic rings. The number of aryl methyl sites for hydroxylation is 1. The number of carbonyl (C=O) groups excluding carboxylic acids is 1. The van der Waals surface area contributed by atoms with Gasteiger partial charge in [-0.1, -0.05) is 42.5 Å². The first-order valence-electron chi connectivity index (χ1n) is 8.83. The summed E-state index contributed by atoms with van der Waals surface area (Å²) in [5.74, 6) is 1.03. The van der Waals surface area contributed by atoms with Crippen LogP contribution in [0.15, 0.2) is 54.6 Å². The Bertz CT molecular complexity index is 643.